The molecule has 0 bridgehead atoms. The van der Waals surface area contributed by atoms with Crippen LogP contribution in [-0.2, 0) is 27.7 Å². The van der Waals surface area contributed by atoms with Gasteiger partial charge in [0.15, 0.2) is 6.10 Å². The van der Waals surface area contributed by atoms with Crippen LogP contribution in [0.15, 0.2) is 71.6 Å². The lowest BCUT2D eigenvalue weighted by Crippen LogP contribution is -2.51. The summed E-state index contributed by atoms with van der Waals surface area (Å²) in [6.45, 7) is 1.76. The molecule has 3 aromatic rings. The predicted octanol–water partition coefficient (Wildman–Crippen LogP) is 4.66. The maximum atomic E-state index is 13.5. The molecular weight excluding hydrogens is 472 g/mol. The van der Waals surface area contributed by atoms with Gasteiger partial charge in [-0.15, -0.1) is 0 Å². The summed E-state index contributed by atoms with van der Waals surface area (Å²) < 4.78 is 34.1. The lowest BCUT2D eigenvalue weighted by molar-refractivity contribution is -0.128. The Labute approximate surface area is 204 Å². The van der Waals surface area contributed by atoms with Crippen molar-refractivity contribution in [1.29, 1.82) is 0 Å². The molecular formula is C26H25ClN2O4S. The Morgan fingerprint density at radius 1 is 1.06 bits per heavy atom. The van der Waals surface area contributed by atoms with Crippen LogP contribution in [0.5, 0.6) is 5.75 Å². The molecule has 6 nitrogen and oxygen atoms in total. The van der Waals surface area contributed by atoms with E-state index in [2.05, 4.69) is 17.4 Å². The van der Waals surface area contributed by atoms with Crippen LogP contribution in [0.3, 0.4) is 0 Å². The Balaban J connectivity index is 1.41. The normalized spacial score (nSPS) is 17.9. The maximum Gasteiger partial charge on any atom is 0.264 e. The van der Waals surface area contributed by atoms with Crippen molar-refractivity contribution in [3.05, 3.63) is 88.4 Å². The van der Waals surface area contributed by atoms with Crippen LogP contribution in [0, 0.1) is 0 Å². The third-order valence-corrected chi connectivity index (χ3v) is 8.42. The lowest BCUT2D eigenvalue weighted by Gasteiger charge is -2.35. The average Bonchev–Trinajstić information content (AvgIpc) is 3.31. The number of amides is 1. The van der Waals surface area contributed by atoms with Gasteiger partial charge in [0.05, 0.1) is 23.2 Å². The van der Waals surface area contributed by atoms with E-state index in [-0.39, 0.29) is 23.4 Å². The van der Waals surface area contributed by atoms with E-state index in [1.165, 1.54) is 27.6 Å². The van der Waals surface area contributed by atoms with Crippen molar-refractivity contribution in [1.82, 2.24) is 5.32 Å². The van der Waals surface area contributed by atoms with E-state index in [0.29, 0.717) is 16.5 Å². The first kappa shape index (κ1) is 22.7. The molecule has 0 saturated carbocycles. The van der Waals surface area contributed by atoms with Crippen molar-refractivity contribution >= 4 is 33.2 Å². The first-order valence-corrected chi connectivity index (χ1v) is 13.1. The number of hydrogen-bond donors (Lipinski definition) is 1. The molecule has 1 aliphatic carbocycles. The molecule has 0 saturated heterocycles. The molecule has 5 rings (SSSR count). The van der Waals surface area contributed by atoms with Crippen molar-refractivity contribution in [2.75, 3.05) is 10.8 Å². The number of benzene rings is 3. The molecule has 1 amide bonds. The number of ether oxygens (including phenoxy) is 1. The van der Waals surface area contributed by atoms with Gasteiger partial charge in [0.25, 0.3) is 15.9 Å². The minimum atomic E-state index is -3.93. The highest BCUT2D eigenvalue weighted by Gasteiger charge is 2.38. The van der Waals surface area contributed by atoms with Crippen LogP contribution in [0.1, 0.15) is 36.1 Å². The molecule has 0 unspecified atom stereocenters. The smallest absolute Gasteiger partial charge is 0.264 e. The molecule has 3 aromatic carbocycles. The molecule has 0 radical (unpaired) electrons. The first-order valence-electron chi connectivity index (χ1n) is 11.3. The summed E-state index contributed by atoms with van der Waals surface area (Å²) in [7, 11) is -3.93. The number of carbonyl (C=O) groups is 1. The molecule has 1 N–H and O–H groups in total. The van der Waals surface area contributed by atoms with Crippen molar-refractivity contribution in [2.45, 2.75) is 43.2 Å². The second-order valence-electron chi connectivity index (χ2n) is 8.68. The minimum Gasteiger partial charge on any atom is -0.476 e. The van der Waals surface area contributed by atoms with E-state index < -0.39 is 16.1 Å². The van der Waals surface area contributed by atoms with Gasteiger partial charge in [-0.05, 0) is 73.2 Å². The van der Waals surface area contributed by atoms with E-state index >= 15 is 0 Å². The van der Waals surface area contributed by atoms with Gasteiger partial charge in [-0.25, -0.2) is 8.42 Å². The summed E-state index contributed by atoms with van der Waals surface area (Å²) in [5, 5.41) is 3.38. The summed E-state index contributed by atoms with van der Waals surface area (Å²) in [4.78, 5) is 13.4. The van der Waals surface area contributed by atoms with Crippen LogP contribution < -0.4 is 14.4 Å². The van der Waals surface area contributed by atoms with Gasteiger partial charge < -0.3 is 10.1 Å². The summed E-state index contributed by atoms with van der Waals surface area (Å²) in [6.07, 6.45) is 2.30. The van der Waals surface area contributed by atoms with Gasteiger partial charge in [0.2, 0.25) is 0 Å². The fourth-order valence-corrected chi connectivity index (χ4v) is 6.21. The van der Waals surface area contributed by atoms with E-state index in [9.17, 15) is 13.2 Å². The second kappa shape index (κ2) is 8.96. The number of anilines is 1. The number of aryl methyl sites for hydroxylation is 2. The van der Waals surface area contributed by atoms with Crippen molar-refractivity contribution < 1.29 is 17.9 Å². The Morgan fingerprint density at radius 3 is 2.62 bits per heavy atom. The van der Waals surface area contributed by atoms with E-state index in [0.717, 1.165) is 24.8 Å². The summed E-state index contributed by atoms with van der Waals surface area (Å²) in [5.41, 5.74) is 4.03. The number of rotatable bonds is 5. The molecule has 176 valence electrons. The number of nitrogens with zero attached hydrogens (tertiary/aromatic N) is 1. The summed E-state index contributed by atoms with van der Waals surface area (Å²) in [6, 6.07) is 19.0. The molecule has 1 heterocycles. The molecule has 0 fully saturated rings. The van der Waals surface area contributed by atoms with Gasteiger partial charge in [0, 0.05) is 5.02 Å². The van der Waals surface area contributed by atoms with Gasteiger partial charge >= 0.3 is 0 Å². The predicted molar refractivity (Wildman–Crippen MR) is 132 cm³/mol. The van der Waals surface area contributed by atoms with E-state index in [1.54, 1.807) is 36.4 Å². The zero-order chi connectivity index (χ0) is 23.9. The Hall–Kier alpha value is -3.03. The van der Waals surface area contributed by atoms with Crippen LogP contribution >= 0.6 is 11.6 Å². The second-order valence-corrected chi connectivity index (χ2v) is 11.0. The Morgan fingerprint density at radius 2 is 1.82 bits per heavy atom. The van der Waals surface area contributed by atoms with E-state index in [1.807, 2.05) is 13.0 Å². The van der Waals surface area contributed by atoms with Gasteiger partial charge in [-0.1, -0.05) is 48.0 Å². The van der Waals surface area contributed by atoms with Crippen molar-refractivity contribution in [3.8, 4) is 5.75 Å². The van der Waals surface area contributed by atoms with Crippen molar-refractivity contribution in [2.24, 2.45) is 0 Å². The molecule has 8 heteroatoms. The van der Waals surface area contributed by atoms with Gasteiger partial charge in [-0.3, -0.25) is 9.10 Å². The van der Waals surface area contributed by atoms with Crippen LogP contribution in [-0.4, -0.2) is 27.0 Å². The lowest BCUT2D eigenvalue weighted by atomic mass is 10.0. The summed E-state index contributed by atoms with van der Waals surface area (Å²) in [5.74, 6) is -0.0812. The number of carbonyl (C=O) groups excluding carboxylic acids is 1. The monoisotopic (exact) mass is 496 g/mol. The quantitative estimate of drug-likeness (QED) is 0.557. The SMILES string of the molecule is C[C@@H](NC(=O)[C@H]1CN(S(=O)(=O)c2ccccc2)c2cc(Cl)ccc2O1)c1ccc2c(c1)CCC2. The Bertz CT molecular complexity index is 1340. The number of sulfonamides is 1. The fraction of sp³-hybridized carbons (Fsp3) is 0.269. The molecule has 34 heavy (non-hydrogen) atoms. The highest BCUT2D eigenvalue weighted by Crippen LogP contribution is 2.39. The molecule has 2 atom stereocenters. The summed E-state index contributed by atoms with van der Waals surface area (Å²) >= 11 is 6.16. The Kier molecular flexibility index (Phi) is 6.00. The molecule has 0 aromatic heterocycles. The van der Waals surface area contributed by atoms with Gasteiger partial charge in [-0.2, -0.15) is 0 Å². The number of nitrogens with one attached hydrogen (secondary N) is 1. The highest BCUT2D eigenvalue weighted by atomic mass is 35.5. The highest BCUT2D eigenvalue weighted by molar-refractivity contribution is 7.92. The minimum absolute atomic E-state index is 0.133. The average molecular weight is 497 g/mol. The largest absolute Gasteiger partial charge is 0.476 e. The zero-order valence-corrected chi connectivity index (χ0v) is 20.3. The molecule has 1 aliphatic heterocycles. The van der Waals surface area contributed by atoms with Crippen molar-refractivity contribution in [3.63, 3.8) is 0 Å². The zero-order valence-electron chi connectivity index (χ0n) is 18.7. The van der Waals surface area contributed by atoms with Crippen LogP contribution in [0.2, 0.25) is 5.02 Å². The molecule has 0 spiro atoms. The third-order valence-electron chi connectivity index (χ3n) is 6.40. The maximum absolute atomic E-state index is 13.5. The van der Waals surface area contributed by atoms with E-state index in [4.69, 9.17) is 16.3 Å². The molecule has 2 aliphatic rings. The number of fused-ring (bicyclic) bond motifs is 2. The van der Waals surface area contributed by atoms with Crippen LogP contribution in [0.4, 0.5) is 5.69 Å². The first-order chi connectivity index (χ1) is 16.3. The number of halogens is 1. The fourth-order valence-electron chi connectivity index (χ4n) is 4.56. The number of hydrogen-bond acceptors (Lipinski definition) is 4. The topological polar surface area (TPSA) is 75.7 Å². The van der Waals surface area contributed by atoms with Crippen LogP contribution in [0.25, 0.3) is 0 Å². The standard InChI is InChI=1S/C26H25ClN2O4S/c1-17(19-11-10-18-6-5-7-20(18)14-19)28-26(30)25-16-29(23-15-21(27)12-13-24(23)33-25)34(31,32)22-8-3-2-4-9-22/h2-4,8-15,17,25H,5-7,16H2,1H3,(H,28,30)/t17-,25-/m1/s1. The third kappa shape index (κ3) is 4.26. The van der Waals surface area contributed by atoms with Gasteiger partial charge in [0.1, 0.15) is 5.75 Å².